The molecule has 1 heterocycles. The van der Waals surface area contributed by atoms with Gasteiger partial charge in [0.25, 0.3) is 0 Å². The van der Waals surface area contributed by atoms with Gasteiger partial charge in [-0.2, -0.15) is 0 Å². The summed E-state index contributed by atoms with van der Waals surface area (Å²) in [5, 5.41) is 0. The molecule has 0 spiro atoms. The molecule has 1 fully saturated rings. The fourth-order valence-corrected chi connectivity index (χ4v) is 3.05. The van der Waals surface area contributed by atoms with Crippen molar-refractivity contribution >= 4 is 5.78 Å². The van der Waals surface area contributed by atoms with Crippen molar-refractivity contribution in [3.05, 3.63) is 23.8 Å². The number of hydrogen-bond acceptors (Lipinski definition) is 2. The smallest absolute Gasteiger partial charge is 0.189 e. The molecule has 114 valence electrons. The van der Waals surface area contributed by atoms with Gasteiger partial charge in [-0.15, -0.1) is 0 Å². The van der Waals surface area contributed by atoms with Crippen LogP contribution >= 0.6 is 0 Å². The molecule has 1 aliphatic heterocycles. The molecule has 0 N–H and O–H groups in total. The molecular formula is C18H26NO2+. The zero-order chi connectivity index (χ0) is 15.1. The second kappa shape index (κ2) is 7.59. The normalized spacial score (nSPS) is 24.2. The zero-order valence-electron chi connectivity index (χ0n) is 13.2. The Morgan fingerprint density at radius 3 is 2.76 bits per heavy atom. The molecule has 1 aliphatic carbocycles. The van der Waals surface area contributed by atoms with Gasteiger partial charge < -0.3 is 9.22 Å². The molecule has 21 heavy (non-hydrogen) atoms. The summed E-state index contributed by atoms with van der Waals surface area (Å²) in [5.41, 5.74) is 0.798. The Morgan fingerprint density at radius 2 is 2.10 bits per heavy atom. The monoisotopic (exact) mass is 288 g/mol. The van der Waals surface area contributed by atoms with E-state index in [1.54, 1.807) is 19.3 Å². The van der Waals surface area contributed by atoms with Crippen LogP contribution in [0.1, 0.15) is 32.1 Å². The average Bonchev–Trinajstić information content (AvgIpc) is 2.48. The number of hydrogen-bond donors (Lipinski definition) is 0. The lowest BCUT2D eigenvalue weighted by Crippen LogP contribution is -2.48. The van der Waals surface area contributed by atoms with Gasteiger partial charge in [-0.3, -0.25) is 4.79 Å². The van der Waals surface area contributed by atoms with Crippen molar-refractivity contribution in [1.29, 1.82) is 0 Å². The number of quaternary nitrogens is 1. The third kappa shape index (κ3) is 4.84. The maximum absolute atomic E-state index is 11.7. The summed E-state index contributed by atoms with van der Waals surface area (Å²) in [5.74, 6) is 6.26. The summed E-state index contributed by atoms with van der Waals surface area (Å²) >= 11 is 0. The van der Waals surface area contributed by atoms with Crippen LogP contribution in [0.4, 0.5) is 0 Å². The van der Waals surface area contributed by atoms with Crippen molar-refractivity contribution in [3.8, 4) is 11.8 Å². The summed E-state index contributed by atoms with van der Waals surface area (Å²) in [7, 11) is 3.91. The maximum Gasteiger partial charge on any atom is 0.189 e. The molecule has 2 aliphatic rings. The van der Waals surface area contributed by atoms with Gasteiger partial charge in [0.05, 0.1) is 26.7 Å². The van der Waals surface area contributed by atoms with E-state index in [1.807, 2.05) is 6.08 Å². The summed E-state index contributed by atoms with van der Waals surface area (Å²) in [6, 6.07) is 0. The lowest BCUT2D eigenvalue weighted by atomic mass is 10.0. The highest BCUT2D eigenvalue weighted by Crippen LogP contribution is 2.17. The number of methoxy groups -OCH3 is 1. The van der Waals surface area contributed by atoms with Crippen LogP contribution in [0, 0.1) is 11.8 Å². The van der Waals surface area contributed by atoms with E-state index in [9.17, 15) is 4.79 Å². The molecule has 0 radical (unpaired) electrons. The fraction of sp³-hybridized carbons (Fsp3) is 0.611. The van der Waals surface area contributed by atoms with Gasteiger partial charge in [-0.25, -0.2) is 0 Å². The summed E-state index contributed by atoms with van der Waals surface area (Å²) in [6.45, 7) is 3.84. The van der Waals surface area contributed by atoms with E-state index in [1.165, 1.54) is 43.4 Å². The lowest BCUT2D eigenvalue weighted by molar-refractivity contribution is -0.914. The van der Waals surface area contributed by atoms with Crippen LogP contribution in [0.15, 0.2) is 23.8 Å². The Bertz CT molecular complexity index is 487. The average molecular weight is 288 g/mol. The van der Waals surface area contributed by atoms with Crippen molar-refractivity contribution < 1.29 is 14.0 Å². The third-order valence-corrected chi connectivity index (χ3v) is 4.41. The molecule has 1 unspecified atom stereocenters. The van der Waals surface area contributed by atoms with Crippen LogP contribution in [0.5, 0.6) is 0 Å². The Balaban J connectivity index is 1.75. The zero-order valence-corrected chi connectivity index (χ0v) is 13.2. The molecular weight excluding hydrogens is 262 g/mol. The number of nitrogens with zero attached hydrogens (tertiary/aromatic N) is 1. The summed E-state index contributed by atoms with van der Waals surface area (Å²) in [6.07, 6.45) is 11.0. The van der Waals surface area contributed by atoms with E-state index >= 15 is 0 Å². The van der Waals surface area contributed by atoms with Gasteiger partial charge in [-0.1, -0.05) is 11.8 Å². The number of rotatable bonds is 4. The largest absolute Gasteiger partial charge is 0.369 e. The molecule has 3 nitrogen and oxygen atoms in total. The number of unbranched alkanes of at least 4 members (excludes halogenated alkanes) is 1. The van der Waals surface area contributed by atoms with Crippen LogP contribution < -0.4 is 0 Å². The van der Waals surface area contributed by atoms with Crippen molar-refractivity contribution in [2.24, 2.45) is 0 Å². The molecule has 1 saturated heterocycles. The molecule has 0 aromatic rings. The van der Waals surface area contributed by atoms with Gasteiger partial charge >= 0.3 is 0 Å². The second-order valence-electron chi connectivity index (χ2n) is 6.27. The Kier molecular flexibility index (Phi) is 5.78. The van der Waals surface area contributed by atoms with Crippen molar-refractivity contribution in [3.63, 3.8) is 0 Å². The highest BCUT2D eigenvalue weighted by molar-refractivity contribution is 5.98. The van der Waals surface area contributed by atoms with Crippen LogP contribution in [0.25, 0.3) is 0 Å². The van der Waals surface area contributed by atoms with Crippen LogP contribution in [-0.4, -0.2) is 50.2 Å². The van der Waals surface area contributed by atoms with Gasteiger partial charge in [0, 0.05) is 25.5 Å². The number of allylic oxidation sites excluding steroid dienone is 2. The van der Waals surface area contributed by atoms with Gasteiger partial charge in [-0.05, 0) is 37.5 Å². The quantitative estimate of drug-likeness (QED) is 0.451. The molecule has 0 aromatic heterocycles. The van der Waals surface area contributed by atoms with Crippen LogP contribution in [0.3, 0.4) is 0 Å². The van der Waals surface area contributed by atoms with E-state index in [-0.39, 0.29) is 5.78 Å². The van der Waals surface area contributed by atoms with E-state index in [4.69, 9.17) is 4.74 Å². The minimum absolute atomic E-state index is 0.0179. The van der Waals surface area contributed by atoms with Gasteiger partial charge in [0.2, 0.25) is 0 Å². The van der Waals surface area contributed by atoms with Crippen molar-refractivity contribution in [2.45, 2.75) is 38.2 Å². The lowest BCUT2D eigenvalue weighted by Gasteiger charge is -2.37. The first-order valence-corrected chi connectivity index (χ1v) is 7.92. The summed E-state index contributed by atoms with van der Waals surface area (Å²) in [4.78, 5) is 11.7. The SMILES string of the molecule is COC1C=CC(C#CCCC[N+]2(C)CCCCC2)=CC1=O. The minimum Gasteiger partial charge on any atom is -0.369 e. The van der Waals surface area contributed by atoms with E-state index < -0.39 is 6.10 Å². The molecule has 3 heteroatoms. The predicted octanol–water partition coefficient (Wildman–Crippen LogP) is 2.48. The fourth-order valence-electron chi connectivity index (χ4n) is 3.05. The Labute approximate surface area is 128 Å². The van der Waals surface area contributed by atoms with E-state index in [2.05, 4.69) is 18.9 Å². The van der Waals surface area contributed by atoms with E-state index in [0.29, 0.717) is 0 Å². The Hall–Kier alpha value is -1.37. The number of likely N-dealkylation sites (tertiary alicyclic amines) is 1. The molecule has 0 saturated carbocycles. The second-order valence-corrected chi connectivity index (χ2v) is 6.27. The van der Waals surface area contributed by atoms with Crippen molar-refractivity contribution in [1.82, 2.24) is 0 Å². The maximum atomic E-state index is 11.7. The highest BCUT2D eigenvalue weighted by Gasteiger charge is 2.23. The Morgan fingerprint density at radius 1 is 1.33 bits per heavy atom. The summed E-state index contributed by atoms with van der Waals surface area (Å²) < 4.78 is 6.25. The standard InChI is InChI=1S/C18H26NO2/c1-19(13-7-4-8-14-19)12-6-3-5-9-16-10-11-18(21-2)17(20)15-16/h10-11,15,18H,3-4,6-8,12-14H2,1-2H3/q+1. The predicted molar refractivity (Wildman–Crippen MR) is 84.7 cm³/mol. The highest BCUT2D eigenvalue weighted by atomic mass is 16.5. The molecule has 0 bridgehead atoms. The van der Waals surface area contributed by atoms with Crippen LogP contribution in [0.2, 0.25) is 0 Å². The number of ether oxygens (including phenoxy) is 1. The molecule has 2 rings (SSSR count). The number of ketones is 1. The molecule has 1 atom stereocenters. The third-order valence-electron chi connectivity index (χ3n) is 4.41. The first kappa shape index (κ1) is 16.0. The van der Waals surface area contributed by atoms with Gasteiger partial charge in [0.15, 0.2) is 5.78 Å². The molecule has 0 aromatic carbocycles. The first-order chi connectivity index (χ1) is 10.1. The molecule has 0 amide bonds. The topological polar surface area (TPSA) is 26.3 Å². The minimum atomic E-state index is -0.431. The number of piperidine rings is 1. The van der Waals surface area contributed by atoms with Crippen molar-refractivity contribution in [2.75, 3.05) is 33.8 Å². The van der Waals surface area contributed by atoms with Crippen LogP contribution in [-0.2, 0) is 9.53 Å². The number of carbonyl (C=O) groups excluding carboxylic acids is 1. The first-order valence-electron chi connectivity index (χ1n) is 7.92. The van der Waals surface area contributed by atoms with E-state index in [0.717, 1.165) is 18.4 Å². The van der Waals surface area contributed by atoms with Gasteiger partial charge in [0.1, 0.15) is 6.10 Å². The number of carbonyl (C=O) groups is 1.